The van der Waals surface area contributed by atoms with Gasteiger partial charge in [-0.2, -0.15) is 0 Å². The third kappa shape index (κ3) is 4.82. The SMILES string of the molecule is c1ccc(-c2nc(-c3ccccc3)nc(-c3ccc(-c4ccc5nc(-c6ccccc6)c6oc7ccccc7c6c5c4)cc3)n2)cc1. The van der Waals surface area contributed by atoms with Crippen molar-refractivity contribution in [2.75, 3.05) is 0 Å². The van der Waals surface area contributed by atoms with Crippen molar-refractivity contribution < 1.29 is 4.42 Å². The zero-order valence-electron chi connectivity index (χ0n) is 25.2. The Kier molecular flexibility index (Phi) is 6.39. The molecule has 0 radical (unpaired) electrons. The summed E-state index contributed by atoms with van der Waals surface area (Å²) < 4.78 is 6.46. The molecule has 6 aromatic carbocycles. The lowest BCUT2D eigenvalue weighted by atomic mass is 9.98. The first-order valence-electron chi connectivity index (χ1n) is 15.6. The Morgan fingerprint density at radius 1 is 0.362 bits per heavy atom. The fraction of sp³-hybridized carbons (Fsp3) is 0. The largest absolute Gasteiger partial charge is 0.454 e. The van der Waals surface area contributed by atoms with Gasteiger partial charge in [0.15, 0.2) is 23.1 Å². The molecule has 0 aliphatic heterocycles. The van der Waals surface area contributed by atoms with Gasteiger partial charge in [0, 0.05) is 38.4 Å². The minimum absolute atomic E-state index is 0.631. The van der Waals surface area contributed by atoms with E-state index in [4.69, 9.17) is 24.4 Å². The van der Waals surface area contributed by atoms with E-state index < -0.39 is 0 Å². The number of rotatable bonds is 5. The second kappa shape index (κ2) is 11.2. The lowest BCUT2D eigenvalue weighted by Gasteiger charge is -2.10. The number of hydrogen-bond acceptors (Lipinski definition) is 5. The molecule has 0 bridgehead atoms. The Bertz CT molecular complexity index is 2490. The average Bonchev–Trinajstić information content (AvgIpc) is 3.55. The predicted molar refractivity (Wildman–Crippen MR) is 190 cm³/mol. The summed E-state index contributed by atoms with van der Waals surface area (Å²) in [6.45, 7) is 0. The number of nitrogens with zero attached hydrogens (tertiary/aromatic N) is 4. The van der Waals surface area contributed by atoms with Gasteiger partial charge in [-0.15, -0.1) is 0 Å². The smallest absolute Gasteiger partial charge is 0.164 e. The van der Waals surface area contributed by atoms with Gasteiger partial charge in [-0.3, -0.25) is 0 Å². The minimum atomic E-state index is 0.631. The van der Waals surface area contributed by atoms with Crippen molar-refractivity contribution in [1.29, 1.82) is 0 Å². The van der Waals surface area contributed by atoms with Crippen molar-refractivity contribution in [1.82, 2.24) is 19.9 Å². The van der Waals surface area contributed by atoms with Crippen molar-refractivity contribution in [3.8, 4) is 56.5 Å². The topological polar surface area (TPSA) is 64.7 Å². The van der Waals surface area contributed by atoms with Gasteiger partial charge in [-0.25, -0.2) is 19.9 Å². The summed E-state index contributed by atoms with van der Waals surface area (Å²) in [7, 11) is 0. The number of furan rings is 1. The van der Waals surface area contributed by atoms with E-state index >= 15 is 0 Å². The fourth-order valence-corrected chi connectivity index (χ4v) is 6.21. The molecule has 3 aromatic heterocycles. The van der Waals surface area contributed by atoms with Crippen LogP contribution >= 0.6 is 0 Å². The molecule has 0 aliphatic rings. The van der Waals surface area contributed by atoms with E-state index in [1.807, 2.05) is 91.0 Å². The van der Waals surface area contributed by atoms with E-state index in [2.05, 4.69) is 66.7 Å². The van der Waals surface area contributed by atoms with Crippen molar-refractivity contribution in [3.63, 3.8) is 0 Å². The first-order chi connectivity index (χ1) is 23.3. The van der Waals surface area contributed by atoms with Gasteiger partial charge >= 0.3 is 0 Å². The molecule has 0 saturated carbocycles. The number of para-hydroxylation sites is 1. The molecule has 0 spiro atoms. The summed E-state index contributed by atoms with van der Waals surface area (Å²) in [4.78, 5) is 19.7. The Balaban J connectivity index is 1.16. The predicted octanol–water partition coefficient (Wildman–Crippen LogP) is 10.7. The van der Waals surface area contributed by atoms with Crippen molar-refractivity contribution in [3.05, 3.63) is 158 Å². The van der Waals surface area contributed by atoms with E-state index in [9.17, 15) is 0 Å². The van der Waals surface area contributed by atoms with Gasteiger partial charge in [-0.05, 0) is 29.3 Å². The summed E-state index contributed by atoms with van der Waals surface area (Å²) in [5.74, 6) is 1.92. The van der Waals surface area contributed by atoms with Crippen LogP contribution in [0.3, 0.4) is 0 Å². The highest BCUT2D eigenvalue weighted by Gasteiger charge is 2.18. The minimum Gasteiger partial charge on any atom is -0.454 e. The first kappa shape index (κ1) is 26.9. The summed E-state index contributed by atoms with van der Waals surface area (Å²) in [5, 5.41) is 3.22. The van der Waals surface area contributed by atoms with Crippen LogP contribution in [0.1, 0.15) is 0 Å². The number of pyridine rings is 1. The summed E-state index contributed by atoms with van der Waals surface area (Å²) in [5.41, 5.74) is 9.46. The first-order valence-corrected chi connectivity index (χ1v) is 15.6. The van der Waals surface area contributed by atoms with Crippen LogP contribution in [0, 0.1) is 0 Å². The van der Waals surface area contributed by atoms with E-state index in [0.29, 0.717) is 17.5 Å². The van der Waals surface area contributed by atoms with Crippen LogP contribution < -0.4 is 0 Å². The molecular formula is C42H26N4O. The van der Waals surface area contributed by atoms with Crippen LogP contribution in [0.5, 0.6) is 0 Å². The van der Waals surface area contributed by atoms with Crippen LogP contribution in [-0.4, -0.2) is 19.9 Å². The molecule has 3 heterocycles. The molecule has 9 rings (SSSR count). The molecular weight excluding hydrogens is 576 g/mol. The van der Waals surface area contributed by atoms with Gasteiger partial charge < -0.3 is 4.42 Å². The number of aromatic nitrogens is 4. The normalized spacial score (nSPS) is 11.4. The molecule has 5 heteroatoms. The van der Waals surface area contributed by atoms with Gasteiger partial charge in [0.1, 0.15) is 11.3 Å². The Morgan fingerprint density at radius 3 is 1.47 bits per heavy atom. The highest BCUT2D eigenvalue weighted by Crippen LogP contribution is 2.40. The molecule has 5 nitrogen and oxygen atoms in total. The quantitative estimate of drug-likeness (QED) is 0.196. The fourth-order valence-electron chi connectivity index (χ4n) is 6.21. The van der Waals surface area contributed by atoms with E-state index in [1.54, 1.807) is 0 Å². The monoisotopic (exact) mass is 602 g/mol. The molecule has 0 saturated heterocycles. The molecule has 47 heavy (non-hydrogen) atoms. The van der Waals surface area contributed by atoms with Gasteiger partial charge in [0.05, 0.1) is 5.52 Å². The van der Waals surface area contributed by atoms with Crippen molar-refractivity contribution >= 4 is 32.8 Å². The molecule has 220 valence electrons. The third-order valence-electron chi connectivity index (χ3n) is 8.53. The third-order valence-corrected chi connectivity index (χ3v) is 8.53. The molecule has 0 unspecified atom stereocenters. The molecule has 9 aromatic rings. The average molecular weight is 603 g/mol. The molecule has 0 atom stereocenters. The maximum absolute atomic E-state index is 6.46. The van der Waals surface area contributed by atoms with Crippen LogP contribution in [0.25, 0.3) is 89.4 Å². The lowest BCUT2D eigenvalue weighted by Crippen LogP contribution is -2.00. The van der Waals surface area contributed by atoms with E-state index in [1.165, 1.54) is 0 Å². The Labute approximate surface area is 270 Å². The maximum Gasteiger partial charge on any atom is 0.164 e. The van der Waals surface area contributed by atoms with Crippen LogP contribution in [-0.2, 0) is 0 Å². The second-order valence-electron chi connectivity index (χ2n) is 11.5. The van der Waals surface area contributed by atoms with E-state index in [-0.39, 0.29) is 0 Å². The Morgan fingerprint density at radius 2 is 0.851 bits per heavy atom. The molecule has 0 N–H and O–H groups in total. The standard InChI is InChI=1S/C42H26N4O/c1-4-12-28(13-5-1)38-39-37(33-18-10-11-19-36(33)47-39)34-26-32(24-25-35(34)43-38)27-20-22-31(23-21-27)42-45-40(29-14-6-2-7-15-29)44-41(46-42)30-16-8-3-9-17-30/h1-26H. The van der Waals surface area contributed by atoms with Gasteiger partial charge in [0.2, 0.25) is 0 Å². The number of hydrogen-bond donors (Lipinski definition) is 0. The van der Waals surface area contributed by atoms with Crippen molar-refractivity contribution in [2.24, 2.45) is 0 Å². The van der Waals surface area contributed by atoms with E-state index in [0.717, 1.165) is 71.9 Å². The Hall–Kier alpha value is -6.46. The number of benzene rings is 6. The van der Waals surface area contributed by atoms with Crippen LogP contribution in [0.2, 0.25) is 0 Å². The zero-order valence-corrected chi connectivity index (χ0v) is 25.2. The molecule has 0 fully saturated rings. The summed E-state index contributed by atoms with van der Waals surface area (Å²) >= 11 is 0. The number of fused-ring (bicyclic) bond motifs is 5. The second-order valence-corrected chi connectivity index (χ2v) is 11.5. The van der Waals surface area contributed by atoms with Crippen molar-refractivity contribution in [2.45, 2.75) is 0 Å². The molecule has 0 amide bonds. The van der Waals surface area contributed by atoms with Crippen LogP contribution in [0.15, 0.2) is 162 Å². The zero-order chi connectivity index (χ0) is 31.2. The highest BCUT2D eigenvalue weighted by atomic mass is 16.3. The highest BCUT2D eigenvalue weighted by molar-refractivity contribution is 6.21. The maximum atomic E-state index is 6.46. The van der Waals surface area contributed by atoms with Gasteiger partial charge in [-0.1, -0.05) is 140 Å². The lowest BCUT2D eigenvalue weighted by molar-refractivity contribution is 0.669. The van der Waals surface area contributed by atoms with Gasteiger partial charge in [0.25, 0.3) is 0 Å². The summed E-state index contributed by atoms with van der Waals surface area (Å²) in [6.07, 6.45) is 0. The summed E-state index contributed by atoms with van der Waals surface area (Å²) in [6, 6.07) is 53.4. The van der Waals surface area contributed by atoms with Crippen LogP contribution in [0.4, 0.5) is 0 Å². The molecule has 0 aliphatic carbocycles.